The minimum Gasteiger partial charge on any atom is -0.461 e. The molecule has 1 atom stereocenters. The summed E-state index contributed by atoms with van der Waals surface area (Å²) in [5.74, 6) is 37.4. The molecule has 1 unspecified atom stereocenters. The van der Waals surface area contributed by atoms with Gasteiger partial charge in [0.15, 0.2) is 5.75 Å². The number of terminal acetylenes is 1. The quantitative estimate of drug-likeness (QED) is 0.237. The number of anilines is 2. The number of amides is 2. The van der Waals surface area contributed by atoms with E-state index in [4.69, 9.17) is 15.9 Å². The van der Waals surface area contributed by atoms with Crippen LogP contribution in [0.1, 0.15) is 34.7 Å². The number of nitrogens with one attached hydrogen (secondary N) is 1. The van der Waals surface area contributed by atoms with Crippen molar-refractivity contribution in [3.8, 4) is 113 Å². The second-order valence-corrected chi connectivity index (χ2v) is 9.82. The topological polar surface area (TPSA) is 103 Å². The number of nitrogens with zero attached hydrogens (tertiary/aromatic N) is 3. The van der Waals surface area contributed by atoms with Crippen molar-refractivity contribution in [1.82, 2.24) is 9.78 Å². The molecule has 4 rings (SSSR count). The highest BCUT2D eigenvalue weighted by atomic mass is 16.5. The molecule has 3 aromatic rings. The predicted molar refractivity (Wildman–Crippen MR) is 191 cm³/mol. The van der Waals surface area contributed by atoms with Gasteiger partial charge in [-0.2, -0.15) is 5.10 Å². The fourth-order valence-corrected chi connectivity index (χ4v) is 4.52. The summed E-state index contributed by atoms with van der Waals surface area (Å²) in [5, 5.41) is 7.12. The van der Waals surface area contributed by atoms with Crippen molar-refractivity contribution in [3.05, 3.63) is 71.5 Å². The summed E-state index contributed by atoms with van der Waals surface area (Å²) < 4.78 is 11.8. The summed E-state index contributed by atoms with van der Waals surface area (Å²) in [6.45, 7) is 3.76. The van der Waals surface area contributed by atoms with Gasteiger partial charge in [0.1, 0.15) is 11.8 Å². The van der Waals surface area contributed by atoms with Crippen LogP contribution < -0.4 is 15.0 Å². The van der Waals surface area contributed by atoms with Crippen LogP contribution in [0.5, 0.6) is 5.75 Å². The number of ether oxygens (including phenoxy) is 2. The summed E-state index contributed by atoms with van der Waals surface area (Å²) in [5.41, 5.74) is 2.26. The van der Waals surface area contributed by atoms with Gasteiger partial charge in [0.25, 0.3) is 11.8 Å². The number of hydrogen-bond donors (Lipinski definition) is 1. The number of carbonyl (C=O) groups is 3. The molecule has 2 amide bonds. The summed E-state index contributed by atoms with van der Waals surface area (Å²) >= 11 is 0. The molecule has 0 saturated carbocycles. The van der Waals surface area contributed by atoms with Crippen LogP contribution in [-0.4, -0.2) is 40.7 Å². The lowest BCUT2D eigenvalue weighted by Gasteiger charge is -2.25. The molecule has 0 fully saturated rings. The van der Waals surface area contributed by atoms with E-state index in [0.717, 1.165) is 10.2 Å². The molecule has 0 radical (unpaired) electrons. The van der Waals surface area contributed by atoms with Crippen LogP contribution in [0, 0.1) is 114 Å². The summed E-state index contributed by atoms with van der Waals surface area (Å²) in [6.07, 6.45) is 8.03. The number of fused-ring (bicyclic) bond motifs is 1. The molecule has 1 aliphatic heterocycles. The highest BCUT2D eigenvalue weighted by Crippen LogP contribution is 2.31. The zero-order valence-corrected chi connectivity index (χ0v) is 27.4. The first-order valence-corrected chi connectivity index (χ1v) is 15.1. The van der Waals surface area contributed by atoms with Crippen molar-refractivity contribution in [1.29, 1.82) is 0 Å². The number of para-hydroxylation sites is 3. The van der Waals surface area contributed by atoms with Gasteiger partial charge in [0.2, 0.25) is 6.04 Å². The van der Waals surface area contributed by atoms with Crippen LogP contribution in [0.2, 0.25) is 0 Å². The SMILES string of the molecule is C#CC#CC#CC#CC#CC#CC#CC#CC#COc1ccccc1NC(=O)C(C(=O)N1CCc2ccccc21)n1nc(C)cc1C(=O)OCC. The number of aryl methyl sites for hydroxylation is 1. The molecular weight excluding hydrogens is 640 g/mol. The zero-order valence-electron chi connectivity index (χ0n) is 27.4. The van der Waals surface area contributed by atoms with Crippen molar-refractivity contribution < 1.29 is 23.9 Å². The van der Waals surface area contributed by atoms with Gasteiger partial charge in [-0.3, -0.25) is 9.59 Å². The van der Waals surface area contributed by atoms with Crippen LogP contribution in [0.25, 0.3) is 0 Å². The number of esters is 1. The van der Waals surface area contributed by atoms with E-state index in [1.54, 1.807) is 38.1 Å². The van der Waals surface area contributed by atoms with Crippen molar-refractivity contribution in [2.24, 2.45) is 0 Å². The number of benzene rings is 2. The molecule has 0 saturated heterocycles. The molecule has 242 valence electrons. The van der Waals surface area contributed by atoms with E-state index in [1.165, 1.54) is 11.0 Å². The Labute approximate surface area is 296 Å². The lowest BCUT2D eigenvalue weighted by atomic mass is 10.1. The number of aromatic nitrogens is 2. The Kier molecular flexibility index (Phi) is 13.2. The van der Waals surface area contributed by atoms with E-state index in [-0.39, 0.29) is 23.7 Å². The van der Waals surface area contributed by atoms with E-state index in [1.807, 2.05) is 24.3 Å². The molecular formula is C42H24N4O5. The highest BCUT2D eigenvalue weighted by Gasteiger charge is 2.39. The van der Waals surface area contributed by atoms with Gasteiger partial charge in [-0.05, 0) is 97.5 Å². The van der Waals surface area contributed by atoms with Crippen molar-refractivity contribution in [3.63, 3.8) is 0 Å². The van der Waals surface area contributed by atoms with E-state index < -0.39 is 23.8 Å². The maximum atomic E-state index is 14.2. The Bertz CT molecular complexity index is 2440. The molecule has 0 aliphatic carbocycles. The third-order valence-corrected chi connectivity index (χ3v) is 6.53. The molecule has 1 aromatic heterocycles. The van der Waals surface area contributed by atoms with E-state index in [0.29, 0.717) is 24.3 Å². The molecule has 1 N–H and O–H groups in total. The van der Waals surface area contributed by atoms with Crippen LogP contribution in [-0.2, 0) is 20.7 Å². The fourth-order valence-electron chi connectivity index (χ4n) is 4.52. The van der Waals surface area contributed by atoms with Crippen LogP contribution >= 0.6 is 0 Å². The van der Waals surface area contributed by atoms with Gasteiger partial charge in [-0.25, -0.2) is 9.48 Å². The Hall–Kier alpha value is -8.10. The first-order valence-electron chi connectivity index (χ1n) is 15.1. The van der Waals surface area contributed by atoms with E-state index in [9.17, 15) is 14.4 Å². The van der Waals surface area contributed by atoms with E-state index in [2.05, 4.69) is 111 Å². The molecule has 0 spiro atoms. The number of rotatable bonds is 7. The summed E-state index contributed by atoms with van der Waals surface area (Å²) in [4.78, 5) is 42.6. The average molecular weight is 665 g/mol. The lowest BCUT2D eigenvalue weighted by molar-refractivity contribution is -0.130. The molecule has 1 aliphatic rings. The maximum absolute atomic E-state index is 14.2. The van der Waals surface area contributed by atoms with Crippen LogP contribution in [0.3, 0.4) is 0 Å². The summed E-state index contributed by atoms with van der Waals surface area (Å²) in [7, 11) is 0. The zero-order chi connectivity index (χ0) is 36.3. The second-order valence-electron chi connectivity index (χ2n) is 9.82. The minimum absolute atomic E-state index is 0.0365. The number of carbonyl (C=O) groups excluding carboxylic acids is 3. The van der Waals surface area contributed by atoms with Gasteiger partial charge >= 0.3 is 5.97 Å². The molecule has 2 aromatic carbocycles. The smallest absolute Gasteiger partial charge is 0.356 e. The van der Waals surface area contributed by atoms with Gasteiger partial charge < -0.3 is 19.7 Å². The molecule has 9 nitrogen and oxygen atoms in total. The van der Waals surface area contributed by atoms with E-state index >= 15 is 0 Å². The summed E-state index contributed by atoms with van der Waals surface area (Å²) in [6, 6.07) is 13.9. The highest BCUT2D eigenvalue weighted by molar-refractivity contribution is 6.14. The van der Waals surface area contributed by atoms with Gasteiger partial charge in [0.05, 0.1) is 18.0 Å². The number of hydrogen-bond acceptors (Lipinski definition) is 6. The minimum atomic E-state index is -1.56. The predicted octanol–water partition coefficient (Wildman–Crippen LogP) is 3.13. The Morgan fingerprint density at radius 1 is 0.843 bits per heavy atom. The standard InChI is InChI=1S/C42H24N4O5/c1-4-6-7-8-9-10-11-12-13-14-15-16-17-18-19-24-31-51-38-28-23-21-26-35(38)43-40(47)39(46-37(32-33(3)44-46)42(49)50-5-2)41(48)45-30-29-34-25-20-22-27-36(34)45/h1,20-23,25-28,32,39H,5,29-30H2,2-3H3,(H,43,47). The lowest BCUT2D eigenvalue weighted by Crippen LogP contribution is -2.43. The molecule has 9 heteroatoms. The Morgan fingerprint density at radius 2 is 1.43 bits per heavy atom. The molecule has 51 heavy (non-hydrogen) atoms. The van der Waals surface area contributed by atoms with Gasteiger partial charge in [0, 0.05) is 59.6 Å². The largest absolute Gasteiger partial charge is 0.461 e. The molecule has 0 bridgehead atoms. The van der Waals surface area contributed by atoms with Crippen molar-refractivity contribution in [2.75, 3.05) is 23.4 Å². The maximum Gasteiger partial charge on any atom is 0.356 e. The van der Waals surface area contributed by atoms with Gasteiger partial charge in [-0.1, -0.05) is 30.3 Å². The van der Waals surface area contributed by atoms with Gasteiger partial charge in [-0.15, -0.1) is 6.42 Å². The third-order valence-electron chi connectivity index (χ3n) is 6.53. The van der Waals surface area contributed by atoms with Crippen molar-refractivity contribution in [2.45, 2.75) is 26.3 Å². The Morgan fingerprint density at radius 3 is 2.08 bits per heavy atom. The fraction of sp³-hybridized carbons (Fsp3) is 0.143. The van der Waals surface area contributed by atoms with Crippen molar-refractivity contribution >= 4 is 29.2 Å². The third kappa shape index (κ3) is 10.2. The second kappa shape index (κ2) is 18.9. The first-order chi connectivity index (χ1) is 24.9. The first kappa shape index (κ1) is 35.7. The normalized spacial score (nSPS) is 10.1. The van der Waals surface area contributed by atoms with Crippen LogP contribution in [0.4, 0.5) is 11.4 Å². The Balaban J connectivity index is 1.50. The van der Waals surface area contributed by atoms with Crippen LogP contribution in [0.15, 0.2) is 54.6 Å². The average Bonchev–Trinajstić information content (AvgIpc) is 3.74. The monoisotopic (exact) mass is 664 g/mol. The molecule has 2 heterocycles.